The van der Waals surface area contributed by atoms with Crippen LogP contribution >= 0.6 is 11.3 Å². The molecule has 0 saturated carbocycles. The predicted molar refractivity (Wildman–Crippen MR) is 88.6 cm³/mol. The zero-order valence-electron chi connectivity index (χ0n) is 13.3. The van der Waals surface area contributed by atoms with Crippen LogP contribution in [0.15, 0.2) is 12.4 Å². The minimum atomic E-state index is -0.168. The maximum absolute atomic E-state index is 12.4. The average Bonchev–Trinajstić information content (AvgIpc) is 3.03. The van der Waals surface area contributed by atoms with Crippen LogP contribution < -0.4 is 10.6 Å². The number of thiazole rings is 1. The first-order valence-electron chi connectivity index (χ1n) is 7.42. The Morgan fingerprint density at radius 1 is 1.45 bits per heavy atom. The van der Waals surface area contributed by atoms with Crippen molar-refractivity contribution in [2.45, 2.75) is 39.7 Å². The molecule has 1 atom stereocenters. The fraction of sp³-hybridized carbons (Fsp3) is 0.533. The summed E-state index contributed by atoms with van der Waals surface area (Å²) in [5.41, 5.74) is 0.606. The van der Waals surface area contributed by atoms with Crippen LogP contribution in [0, 0.1) is 5.92 Å². The second-order valence-corrected chi connectivity index (χ2v) is 7.84. The Bertz CT molecular complexity index is 697. The van der Waals surface area contributed by atoms with Gasteiger partial charge in [-0.15, -0.1) is 11.3 Å². The Kier molecular flexibility index (Phi) is 3.68. The number of aromatic nitrogens is 3. The minimum Gasteiger partial charge on any atom is -0.369 e. The van der Waals surface area contributed by atoms with Gasteiger partial charge in [0, 0.05) is 24.2 Å². The Labute approximate surface area is 133 Å². The number of fused-ring (bicyclic) bond motifs is 1. The summed E-state index contributed by atoms with van der Waals surface area (Å²) >= 11 is 1.51. The third-order valence-corrected chi connectivity index (χ3v) is 4.99. The summed E-state index contributed by atoms with van der Waals surface area (Å²) in [4.78, 5) is 17.9. The number of nitrogens with zero attached hydrogens (tertiary/aromatic N) is 3. The molecule has 0 radical (unpaired) electrons. The van der Waals surface area contributed by atoms with E-state index in [1.807, 2.05) is 10.9 Å². The third-order valence-electron chi connectivity index (χ3n) is 3.65. The van der Waals surface area contributed by atoms with Crippen LogP contribution in [0.25, 0.3) is 0 Å². The van der Waals surface area contributed by atoms with Crippen LogP contribution in [0.1, 0.15) is 42.9 Å². The van der Waals surface area contributed by atoms with Crippen molar-refractivity contribution in [1.29, 1.82) is 0 Å². The van der Waals surface area contributed by atoms with Gasteiger partial charge in [-0.25, -0.2) is 9.67 Å². The van der Waals surface area contributed by atoms with Crippen molar-refractivity contribution in [3.63, 3.8) is 0 Å². The molecule has 0 aliphatic carbocycles. The molecular formula is C15H21N5OS. The molecule has 6 nitrogen and oxygen atoms in total. The van der Waals surface area contributed by atoms with E-state index < -0.39 is 0 Å². The van der Waals surface area contributed by atoms with E-state index >= 15 is 0 Å². The quantitative estimate of drug-likeness (QED) is 0.892. The monoisotopic (exact) mass is 319 g/mol. The number of amides is 1. The smallest absolute Gasteiger partial charge is 0.262 e. The van der Waals surface area contributed by atoms with Gasteiger partial charge in [0.25, 0.3) is 5.91 Å². The topological polar surface area (TPSA) is 71.8 Å². The number of hydrogen-bond donors (Lipinski definition) is 2. The van der Waals surface area contributed by atoms with E-state index in [0.29, 0.717) is 16.6 Å². The summed E-state index contributed by atoms with van der Waals surface area (Å²) in [6, 6.07) is 0. The second kappa shape index (κ2) is 5.39. The maximum Gasteiger partial charge on any atom is 0.262 e. The molecule has 3 heterocycles. The molecule has 0 saturated heterocycles. The average molecular weight is 319 g/mol. The molecule has 118 valence electrons. The van der Waals surface area contributed by atoms with Crippen LogP contribution in [0.5, 0.6) is 0 Å². The summed E-state index contributed by atoms with van der Waals surface area (Å²) in [6.07, 6.45) is 3.45. The number of rotatable bonds is 2. The second-order valence-electron chi connectivity index (χ2n) is 6.81. The van der Waals surface area contributed by atoms with Gasteiger partial charge in [0.05, 0.1) is 6.20 Å². The van der Waals surface area contributed by atoms with Crippen LogP contribution in [-0.4, -0.2) is 27.2 Å². The Balaban J connectivity index is 1.77. The number of anilines is 2. The highest BCUT2D eigenvalue weighted by Crippen LogP contribution is 2.30. The summed E-state index contributed by atoms with van der Waals surface area (Å²) in [7, 11) is 0. The van der Waals surface area contributed by atoms with E-state index in [4.69, 9.17) is 0 Å². The largest absolute Gasteiger partial charge is 0.369 e. The number of carbonyl (C=O) groups excluding carboxylic acids is 1. The first-order valence-corrected chi connectivity index (χ1v) is 8.23. The normalized spacial score (nSPS) is 17.7. The summed E-state index contributed by atoms with van der Waals surface area (Å²) < 4.78 is 1.85. The molecule has 1 aliphatic rings. The lowest BCUT2D eigenvalue weighted by molar-refractivity contribution is 0.102. The fourth-order valence-electron chi connectivity index (χ4n) is 2.35. The van der Waals surface area contributed by atoms with E-state index in [9.17, 15) is 4.79 Å². The van der Waals surface area contributed by atoms with E-state index in [0.717, 1.165) is 23.8 Å². The summed E-state index contributed by atoms with van der Waals surface area (Å²) in [6.45, 7) is 10.2. The highest BCUT2D eigenvalue weighted by Gasteiger charge is 2.24. The molecule has 2 aromatic rings. The molecule has 2 aromatic heterocycles. The van der Waals surface area contributed by atoms with Gasteiger partial charge in [-0.1, -0.05) is 27.7 Å². The lowest BCUT2D eigenvalue weighted by Gasteiger charge is -2.22. The fourth-order valence-corrected chi connectivity index (χ4v) is 3.22. The van der Waals surface area contributed by atoms with E-state index in [1.165, 1.54) is 11.3 Å². The van der Waals surface area contributed by atoms with Crippen LogP contribution in [0.3, 0.4) is 0 Å². The molecule has 1 aliphatic heterocycles. The number of carbonyl (C=O) groups is 1. The van der Waals surface area contributed by atoms with E-state index in [2.05, 4.69) is 48.4 Å². The lowest BCUT2D eigenvalue weighted by atomic mass is 9.96. The van der Waals surface area contributed by atoms with Gasteiger partial charge < -0.3 is 5.32 Å². The molecule has 7 heteroatoms. The Morgan fingerprint density at radius 2 is 2.23 bits per heavy atom. The molecule has 2 N–H and O–H groups in total. The Morgan fingerprint density at radius 3 is 2.91 bits per heavy atom. The van der Waals surface area contributed by atoms with Gasteiger partial charge in [-0.3, -0.25) is 10.1 Å². The van der Waals surface area contributed by atoms with Gasteiger partial charge in [0.1, 0.15) is 11.4 Å². The predicted octanol–water partition coefficient (Wildman–Crippen LogP) is 2.95. The van der Waals surface area contributed by atoms with Crippen LogP contribution in [0.4, 0.5) is 10.9 Å². The van der Waals surface area contributed by atoms with E-state index in [-0.39, 0.29) is 11.3 Å². The van der Waals surface area contributed by atoms with Crippen molar-refractivity contribution in [3.8, 4) is 0 Å². The zero-order chi connectivity index (χ0) is 15.9. The van der Waals surface area contributed by atoms with Crippen molar-refractivity contribution < 1.29 is 4.79 Å². The standard InChI is InChI=1S/C15H21N5OS/c1-9-5-16-12-10(6-18-20(12)8-9)13(21)19-14-17-7-11(22-14)15(2,3)4/h6-7,9,16H,5,8H2,1-4H3,(H,17,19,21). The highest BCUT2D eigenvalue weighted by atomic mass is 32.1. The molecular weight excluding hydrogens is 298 g/mol. The van der Waals surface area contributed by atoms with Crippen LogP contribution in [-0.2, 0) is 12.0 Å². The van der Waals surface area contributed by atoms with Gasteiger partial charge >= 0.3 is 0 Å². The first-order chi connectivity index (χ1) is 10.3. The number of nitrogens with one attached hydrogen (secondary N) is 2. The molecule has 0 spiro atoms. The highest BCUT2D eigenvalue weighted by molar-refractivity contribution is 7.15. The molecule has 0 aromatic carbocycles. The molecule has 0 bridgehead atoms. The maximum atomic E-state index is 12.4. The van der Waals surface area contributed by atoms with Gasteiger partial charge in [-0.05, 0) is 11.3 Å². The van der Waals surface area contributed by atoms with Gasteiger partial charge in [-0.2, -0.15) is 5.10 Å². The van der Waals surface area contributed by atoms with Gasteiger partial charge in [0.2, 0.25) is 0 Å². The molecule has 0 fully saturated rings. The molecule has 1 amide bonds. The van der Waals surface area contributed by atoms with Crippen molar-refractivity contribution in [3.05, 3.63) is 22.8 Å². The molecule has 3 rings (SSSR count). The summed E-state index contributed by atoms with van der Waals surface area (Å²) in [5.74, 6) is 1.14. The Hall–Kier alpha value is -1.89. The molecule has 22 heavy (non-hydrogen) atoms. The van der Waals surface area contributed by atoms with Crippen molar-refractivity contribution in [2.24, 2.45) is 5.92 Å². The molecule has 1 unspecified atom stereocenters. The lowest BCUT2D eigenvalue weighted by Crippen LogP contribution is -2.27. The van der Waals surface area contributed by atoms with Crippen molar-refractivity contribution in [2.75, 3.05) is 17.2 Å². The minimum absolute atomic E-state index is 0.0369. The van der Waals surface area contributed by atoms with Crippen LogP contribution in [0.2, 0.25) is 0 Å². The van der Waals surface area contributed by atoms with Crippen molar-refractivity contribution >= 4 is 28.2 Å². The van der Waals surface area contributed by atoms with E-state index in [1.54, 1.807) is 6.20 Å². The first kappa shape index (κ1) is 15.0. The summed E-state index contributed by atoms with van der Waals surface area (Å²) in [5, 5.41) is 11.1. The number of hydrogen-bond acceptors (Lipinski definition) is 5. The zero-order valence-corrected chi connectivity index (χ0v) is 14.1. The van der Waals surface area contributed by atoms with Gasteiger partial charge in [0.15, 0.2) is 5.13 Å². The SMILES string of the molecule is CC1CNc2c(C(=O)Nc3ncc(C(C)(C)C)s3)cnn2C1. The third kappa shape index (κ3) is 2.85. The van der Waals surface area contributed by atoms with Crippen molar-refractivity contribution in [1.82, 2.24) is 14.8 Å².